The maximum Gasteiger partial charge on any atom is 0.287 e. The Kier molecular flexibility index (Phi) is 4.47. The molecule has 7 rings (SSSR count). The summed E-state index contributed by atoms with van der Waals surface area (Å²) in [6.07, 6.45) is 7.11. The van der Waals surface area contributed by atoms with Gasteiger partial charge < -0.3 is 5.11 Å². The summed E-state index contributed by atoms with van der Waals surface area (Å²) in [5.74, 6) is -5.38. The number of benzene rings is 1. The summed E-state index contributed by atoms with van der Waals surface area (Å²) in [7, 11) is 0. The molecule has 0 radical (unpaired) electrons. The van der Waals surface area contributed by atoms with Gasteiger partial charge in [0.1, 0.15) is 36.9 Å². The van der Waals surface area contributed by atoms with Crippen LogP contribution in [0.25, 0.3) is 5.82 Å². The van der Waals surface area contributed by atoms with Gasteiger partial charge in [-0.3, -0.25) is 0 Å². The lowest BCUT2D eigenvalue weighted by Crippen LogP contribution is -2.76. The predicted molar refractivity (Wildman–Crippen MR) is 112 cm³/mol. The molecule has 3 aliphatic carbocycles. The van der Waals surface area contributed by atoms with E-state index in [1.54, 1.807) is 12.3 Å². The maximum absolute atomic E-state index is 16.2. The summed E-state index contributed by atoms with van der Waals surface area (Å²) >= 11 is 0. The Morgan fingerprint density at radius 2 is 1.71 bits per heavy atom. The van der Waals surface area contributed by atoms with Crippen molar-refractivity contribution in [2.24, 2.45) is 5.41 Å². The van der Waals surface area contributed by atoms with Crippen molar-refractivity contribution in [3.8, 4) is 5.82 Å². The fraction of sp³-hybridized carbons (Fsp3) is 0.348. The number of pyridine rings is 1. The number of hydrogen-bond acceptors (Lipinski definition) is 6. The number of aliphatic hydroxyl groups is 1. The first-order chi connectivity index (χ1) is 16.7. The number of nitrogens with zero attached hydrogens (tertiary/aromatic N) is 7. The van der Waals surface area contributed by atoms with Crippen LogP contribution >= 0.6 is 0 Å². The molecule has 1 N–H and O–H groups in total. The molecular formula is C23H19F4N7O. The molecule has 3 saturated carbocycles. The topological polar surface area (TPSA) is 94.5 Å². The molecule has 3 heterocycles. The number of alkyl halides is 2. The van der Waals surface area contributed by atoms with E-state index >= 15 is 8.78 Å². The average molecular weight is 485 g/mol. The summed E-state index contributed by atoms with van der Waals surface area (Å²) in [5.41, 5.74) is -4.88. The molecular weight excluding hydrogens is 466 g/mol. The molecule has 1 aromatic carbocycles. The van der Waals surface area contributed by atoms with E-state index in [0.717, 1.165) is 35.0 Å². The van der Waals surface area contributed by atoms with E-state index in [1.165, 1.54) is 17.3 Å². The zero-order valence-corrected chi connectivity index (χ0v) is 18.2. The van der Waals surface area contributed by atoms with Crippen LogP contribution in [0.4, 0.5) is 17.6 Å². The van der Waals surface area contributed by atoms with Crippen molar-refractivity contribution in [3.05, 3.63) is 84.6 Å². The van der Waals surface area contributed by atoms with Crippen LogP contribution < -0.4 is 0 Å². The Bertz CT molecular complexity index is 1360. The third-order valence-corrected chi connectivity index (χ3v) is 7.46. The molecule has 0 aliphatic heterocycles. The van der Waals surface area contributed by atoms with Crippen molar-refractivity contribution in [2.45, 2.75) is 42.7 Å². The van der Waals surface area contributed by atoms with Crippen LogP contribution in [-0.2, 0) is 17.6 Å². The summed E-state index contributed by atoms with van der Waals surface area (Å²) in [6, 6.07) is 5.77. The van der Waals surface area contributed by atoms with Gasteiger partial charge >= 0.3 is 0 Å². The minimum Gasteiger partial charge on any atom is -0.377 e. The average Bonchev–Trinajstić information content (AvgIpc) is 3.46. The molecule has 2 bridgehead atoms. The van der Waals surface area contributed by atoms with Crippen LogP contribution in [0.1, 0.15) is 30.4 Å². The van der Waals surface area contributed by atoms with Gasteiger partial charge in [0.05, 0.1) is 6.54 Å². The molecule has 0 unspecified atom stereocenters. The Morgan fingerprint density at radius 1 is 0.971 bits per heavy atom. The van der Waals surface area contributed by atoms with Gasteiger partial charge in [-0.25, -0.2) is 41.9 Å². The van der Waals surface area contributed by atoms with Crippen LogP contribution in [0.2, 0.25) is 0 Å². The Hall–Kier alpha value is -3.67. The molecule has 0 amide bonds. The summed E-state index contributed by atoms with van der Waals surface area (Å²) < 4.78 is 63.2. The smallest absolute Gasteiger partial charge is 0.287 e. The third kappa shape index (κ3) is 2.98. The zero-order valence-electron chi connectivity index (χ0n) is 18.2. The number of aromatic nitrogens is 7. The molecule has 3 fully saturated rings. The van der Waals surface area contributed by atoms with Gasteiger partial charge in [-0.1, -0.05) is 6.07 Å². The van der Waals surface area contributed by atoms with Gasteiger partial charge in [-0.05, 0) is 48.4 Å². The molecule has 35 heavy (non-hydrogen) atoms. The molecule has 8 nitrogen and oxygen atoms in total. The maximum atomic E-state index is 16.2. The largest absolute Gasteiger partial charge is 0.377 e. The zero-order chi connectivity index (χ0) is 24.5. The highest BCUT2D eigenvalue weighted by Gasteiger charge is 2.82. The molecule has 12 heteroatoms. The SMILES string of the molecule is O[C@@](Cn1cncn1)(c1ccc(F)cc1F)C(F)(F)C12CC(c3ccc(-n4cncn4)nc3)(C1)C2. The van der Waals surface area contributed by atoms with E-state index in [-0.39, 0.29) is 19.3 Å². The van der Waals surface area contributed by atoms with Crippen molar-refractivity contribution in [2.75, 3.05) is 0 Å². The summed E-state index contributed by atoms with van der Waals surface area (Å²) in [6.45, 7) is -0.745. The quantitative estimate of drug-likeness (QED) is 0.404. The van der Waals surface area contributed by atoms with Gasteiger partial charge in [0.2, 0.25) is 0 Å². The van der Waals surface area contributed by atoms with Crippen LogP contribution in [0.15, 0.2) is 61.8 Å². The minimum absolute atomic E-state index is 0.0971. The highest BCUT2D eigenvalue weighted by molar-refractivity contribution is 5.43. The van der Waals surface area contributed by atoms with E-state index < -0.39 is 46.1 Å². The molecule has 0 spiro atoms. The van der Waals surface area contributed by atoms with Crippen molar-refractivity contribution < 1.29 is 22.7 Å². The lowest BCUT2D eigenvalue weighted by Gasteiger charge is -2.74. The van der Waals surface area contributed by atoms with Gasteiger partial charge in [-0.2, -0.15) is 10.2 Å². The number of halogens is 4. The van der Waals surface area contributed by atoms with Crippen LogP contribution in [-0.4, -0.2) is 45.5 Å². The van der Waals surface area contributed by atoms with Crippen molar-refractivity contribution in [1.82, 2.24) is 34.5 Å². The van der Waals surface area contributed by atoms with E-state index in [1.807, 2.05) is 6.07 Å². The van der Waals surface area contributed by atoms with Crippen molar-refractivity contribution in [1.29, 1.82) is 0 Å². The van der Waals surface area contributed by atoms with Gasteiger partial charge in [-0.15, -0.1) is 0 Å². The van der Waals surface area contributed by atoms with E-state index in [0.29, 0.717) is 11.9 Å². The molecule has 1 atom stereocenters. The Labute approximate surface area is 196 Å². The minimum atomic E-state index is -3.75. The van der Waals surface area contributed by atoms with Gasteiger partial charge in [0.25, 0.3) is 5.92 Å². The molecule has 180 valence electrons. The summed E-state index contributed by atoms with van der Waals surface area (Å²) in [4.78, 5) is 12.0. The Morgan fingerprint density at radius 3 is 2.31 bits per heavy atom. The monoisotopic (exact) mass is 485 g/mol. The second-order valence-corrected chi connectivity index (χ2v) is 9.49. The molecule has 3 aliphatic rings. The second-order valence-electron chi connectivity index (χ2n) is 9.49. The molecule has 3 aromatic heterocycles. The van der Waals surface area contributed by atoms with Crippen LogP contribution in [0.5, 0.6) is 0 Å². The number of hydrogen-bond donors (Lipinski definition) is 1. The van der Waals surface area contributed by atoms with Crippen LogP contribution in [0.3, 0.4) is 0 Å². The van der Waals surface area contributed by atoms with Crippen molar-refractivity contribution >= 4 is 0 Å². The third-order valence-electron chi connectivity index (χ3n) is 7.46. The van der Waals surface area contributed by atoms with E-state index in [2.05, 4.69) is 25.1 Å². The first-order valence-corrected chi connectivity index (χ1v) is 10.9. The van der Waals surface area contributed by atoms with E-state index in [9.17, 15) is 13.9 Å². The highest BCUT2D eigenvalue weighted by Crippen LogP contribution is 2.80. The fourth-order valence-electron chi connectivity index (χ4n) is 5.75. The summed E-state index contributed by atoms with van der Waals surface area (Å²) in [5, 5.41) is 19.3. The first-order valence-electron chi connectivity index (χ1n) is 10.9. The predicted octanol–water partition coefficient (Wildman–Crippen LogP) is 3.18. The van der Waals surface area contributed by atoms with Gasteiger partial charge in [0.15, 0.2) is 11.4 Å². The fourth-order valence-corrected chi connectivity index (χ4v) is 5.75. The normalized spacial score (nSPS) is 24.9. The lowest BCUT2D eigenvalue weighted by molar-refractivity contribution is -0.347. The van der Waals surface area contributed by atoms with Crippen molar-refractivity contribution in [3.63, 3.8) is 0 Å². The molecule has 4 aromatic rings. The van der Waals surface area contributed by atoms with Gasteiger partial charge in [0, 0.05) is 23.2 Å². The number of rotatable bonds is 7. The molecule has 0 saturated heterocycles. The highest BCUT2D eigenvalue weighted by atomic mass is 19.3. The second kappa shape index (κ2) is 7.17. The van der Waals surface area contributed by atoms with E-state index in [4.69, 9.17) is 0 Å². The Balaban J connectivity index is 1.31. The lowest BCUT2D eigenvalue weighted by atomic mass is 9.30. The van der Waals surface area contributed by atoms with Crippen LogP contribution in [0, 0.1) is 17.0 Å². The standard InChI is InChI=1S/C23H19F4N7O/c24-16-2-3-17(18(25)5-16)22(35,10-33-13-28-11-31-33)23(26,27)21-7-20(8-21,9-21)15-1-4-19(30-6-15)34-14-29-12-32-34/h1-6,11-14,35H,7-10H2/t20?,21?,22-/m0/s1. The first kappa shape index (κ1) is 21.8.